The average molecular weight is 250 g/mol. The summed E-state index contributed by atoms with van der Waals surface area (Å²) in [6.07, 6.45) is 1.69. The summed E-state index contributed by atoms with van der Waals surface area (Å²) >= 11 is 0. The number of carboxylic acids is 1. The first-order chi connectivity index (χ1) is 8.31. The number of carboxylic acid groups (broad SMARTS) is 1. The van der Waals surface area contributed by atoms with Crippen molar-refractivity contribution < 1.29 is 9.90 Å². The normalized spacial score (nSPS) is 11.4. The summed E-state index contributed by atoms with van der Waals surface area (Å²) in [6, 6.07) is 3.28. The standard InChI is InChI=1S/C14H22N2O2/c1-6-11-8-10(13(17)18)9-12(15-11)16(5)14(3,4)7-2/h8-9H,6-7H2,1-5H3,(H,17,18). The van der Waals surface area contributed by atoms with E-state index in [4.69, 9.17) is 5.11 Å². The number of hydrogen-bond acceptors (Lipinski definition) is 3. The fourth-order valence-corrected chi connectivity index (χ4v) is 1.60. The number of anilines is 1. The zero-order chi connectivity index (χ0) is 13.9. The van der Waals surface area contributed by atoms with Gasteiger partial charge >= 0.3 is 5.97 Å². The lowest BCUT2D eigenvalue weighted by Crippen LogP contribution is -2.41. The van der Waals surface area contributed by atoms with Crippen molar-refractivity contribution in [3.63, 3.8) is 0 Å². The van der Waals surface area contributed by atoms with Crippen LogP contribution in [-0.4, -0.2) is 28.6 Å². The van der Waals surface area contributed by atoms with Crippen LogP contribution < -0.4 is 4.90 Å². The van der Waals surface area contributed by atoms with Gasteiger partial charge in [-0.2, -0.15) is 0 Å². The van der Waals surface area contributed by atoms with Crippen molar-refractivity contribution in [2.24, 2.45) is 0 Å². The fourth-order valence-electron chi connectivity index (χ4n) is 1.60. The molecule has 0 bridgehead atoms. The fraction of sp³-hybridized carbons (Fsp3) is 0.571. The maximum Gasteiger partial charge on any atom is 0.335 e. The zero-order valence-corrected chi connectivity index (χ0v) is 11.8. The van der Waals surface area contributed by atoms with Gasteiger partial charge in [0, 0.05) is 18.3 Å². The number of pyridine rings is 1. The first kappa shape index (κ1) is 14.5. The first-order valence-corrected chi connectivity index (χ1v) is 6.30. The van der Waals surface area contributed by atoms with Gasteiger partial charge in [0.25, 0.3) is 0 Å². The van der Waals surface area contributed by atoms with Crippen LogP contribution in [0.1, 0.15) is 50.2 Å². The molecule has 0 unspecified atom stereocenters. The Morgan fingerprint density at radius 3 is 2.44 bits per heavy atom. The summed E-state index contributed by atoms with van der Waals surface area (Å²) in [5, 5.41) is 9.12. The van der Waals surface area contributed by atoms with Crippen LogP contribution in [-0.2, 0) is 6.42 Å². The molecule has 1 aromatic rings. The van der Waals surface area contributed by atoms with Gasteiger partial charge in [0.2, 0.25) is 0 Å². The summed E-state index contributed by atoms with van der Waals surface area (Å²) in [5.74, 6) is -0.186. The zero-order valence-electron chi connectivity index (χ0n) is 11.8. The number of hydrogen-bond donors (Lipinski definition) is 1. The quantitative estimate of drug-likeness (QED) is 0.873. The predicted molar refractivity (Wildman–Crippen MR) is 73.3 cm³/mol. The third-order valence-electron chi connectivity index (χ3n) is 3.59. The van der Waals surface area contributed by atoms with Gasteiger partial charge in [-0.1, -0.05) is 13.8 Å². The predicted octanol–water partition coefficient (Wildman–Crippen LogP) is 2.97. The molecule has 100 valence electrons. The van der Waals surface area contributed by atoms with Crippen molar-refractivity contribution in [1.29, 1.82) is 0 Å². The molecule has 0 amide bonds. The third kappa shape index (κ3) is 3.00. The van der Waals surface area contributed by atoms with Gasteiger partial charge in [-0.05, 0) is 38.8 Å². The van der Waals surface area contributed by atoms with Crippen LogP contribution in [0, 0.1) is 0 Å². The lowest BCUT2D eigenvalue weighted by Gasteiger charge is -2.36. The van der Waals surface area contributed by atoms with Crippen molar-refractivity contribution in [3.05, 3.63) is 23.4 Å². The molecule has 0 spiro atoms. The van der Waals surface area contributed by atoms with Crippen LogP contribution in [0.2, 0.25) is 0 Å². The highest BCUT2D eigenvalue weighted by atomic mass is 16.4. The minimum absolute atomic E-state index is 0.0465. The molecule has 1 rings (SSSR count). The van der Waals surface area contributed by atoms with Crippen molar-refractivity contribution >= 4 is 11.8 Å². The molecule has 4 nitrogen and oxygen atoms in total. The van der Waals surface area contributed by atoms with E-state index in [-0.39, 0.29) is 5.54 Å². The number of aryl methyl sites for hydroxylation is 1. The van der Waals surface area contributed by atoms with Crippen LogP contribution in [0.25, 0.3) is 0 Å². The molecule has 0 radical (unpaired) electrons. The van der Waals surface area contributed by atoms with Crippen molar-refractivity contribution in [2.75, 3.05) is 11.9 Å². The molecule has 0 fully saturated rings. The molecule has 1 N–H and O–H groups in total. The van der Waals surface area contributed by atoms with Gasteiger partial charge in [0.05, 0.1) is 5.56 Å². The Labute approximate surface area is 109 Å². The van der Waals surface area contributed by atoms with Gasteiger partial charge < -0.3 is 10.0 Å². The van der Waals surface area contributed by atoms with Crippen molar-refractivity contribution in [3.8, 4) is 0 Å². The number of aromatic nitrogens is 1. The maximum absolute atomic E-state index is 11.1. The number of aromatic carboxylic acids is 1. The molecule has 1 heterocycles. The van der Waals surface area contributed by atoms with Gasteiger partial charge in [-0.15, -0.1) is 0 Å². The molecule has 18 heavy (non-hydrogen) atoms. The Kier molecular flexibility index (Phi) is 4.33. The van der Waals surface area contributed by atoms with E-state index in [1.807, 2.05) is 18.9 Å². The average Bonchev–Trinajstić information content (AvgIpc) is 2.36. The van der Waals surface area contributed by atoms with E-state index in [1.54, 1.807) is 12.1 Å². The SMILES string of the molecule is CCc1cc(C(=O)O)cc(N(C)C(C)(C)CC)n1. The minimum atomic E-state index is -0.906. The topological polar surface area (TPSA) is 53.4 Å². The highest BCUT2D eigenvalue weighted by molar-refractivity contribution is 5.88. The van der Waals surface area contributed by atoms with Crippen molar-refractivity contribution in [2.45, 2.75) is 46.1 Å². The van der Waals surface area contributed by atoms with Crippen LogP contribution in [0.5, 0.6) is 0 Å². The highest BCUT2D eigenvalue weighted by Gasteiger charge is 2.23. The lowest BCUT2D eigenvalue weighted by molar-refractivity contribution is 0.0696. The second-order valence-electron chi connectivity index (χ2n) is 5.09. The lowest BCUT2D eigenvalue weighted by atomic mass is 10.00. The Morgan fingerprint density at radius 2 is 2.00 bits per heavy atom. The Hall–Kier alpha value is -1.58. The largest absolute Gasteiger partial charge is 0.478 e. The Morgan fingerprint density at radius 1 is 1.39 bits per heavy atom. The third-order valence-corrected chi connectivity index (χ3v) is 3.59. The van der Waals surface area contributed by atoms with Gasteiger partial charge in [-0.25, -0.2) is 9.78 Å². The molecule has 0 saturated heterocycles. The Bertz CT molecular complexity index is 441. The molecule has 0 aromatic carbocycles. The van der Waals surface area contributed by atoms with Crippen LogP contribution in [0.15, 0.2) is 12.1 Å². The minimum Gasteiger partial charge on any atom is -0.478 e. The second-order valence-corrected chi connectivity index (χ2v) is 5.09. The van der Waals surface area contributed by atoms with Gasteiger partial charge in [0.15, 0.2) is 0 Å². The van der Waals surface area contributed by atoms with E-state index >= 15 is 0 Å². The molecule has 1 aromatic heterocycles. The van der Waals surface area contributed by atoms with E-state index < -0.39 is 5.97 Å². The van der Waals surface area contributed by atoms with Crippen LogP contribution in [0.4, 0.5) is 5.82 Å². The van der Waals surface area contributed by atoms with E-state index in [0.29, 0.717) is 5.56 Å². The van der Waals surface area contributed by atoms with Crippen LogP contribution >= 0.6 is 0 Å². The molecule has 4 heteroatoms. The summed E-state index contributed by atoms with van der Waals surface area (Å²) in [6.45, 7) is 8.32. The number of nitrogens with zero attached hydrogens (tertiary/aromatic N) is 2. The highest BCUT2D eigenvalue weighted by Crippen LogP contribution is 2.24. The second kappa shape index (κ2) is 5.38. The number of rotatable bonds is 5. The molecule has 0 aliphatic heterocycles. The summed E-state index contributed by atoms with van der Waals surface area (Å²) < 4.78 is 0. The maximum atomic E-state index is 11.1. The summed E-state index contributed by atoms with van der Waals surface area (Å²) in [4.78, 5) is 17.7. The number of carbonyl (C=O) groups is 1. The van der Waals surface area contributed by atoms with Gasteiger partial charge in [0.1, 0.15) is 5.82 Å². The molecule has 0 aliphatic rings. The van der Waals surface area contributed by atoms with E-state index in [2.05, 4.69) is 25.8 Å². The van der Waals surface area contributed by atoms with E-state index in [1.165, 1.54) is 0 Å². The molecule has 0 atom stereocenters. The van der Waals surface area contributed by atoms with Gasteiger partial charge in [-0.3, -0.25) is 0 Å². The monoisotopic (exact) mass is 250 g/mol. The first-order valence-electron chi connectivity index (χ1n) is 6.30. The summed E-state index contributed by atoms with van der Waals surface area (Å²) in [5.41, 5.74) is 1.06. The van der Waals surface area contributed by atoms with E-state index in [9.17, 15) is 4.79 Å². The molecule has 0 aliphatic carbocycles. The van der Waals surface area contributed by atoms with Crippen molar-refractivity contribution in [1.82, 2.24) is 4.98 Å². The molecule has 0 saturated carbocycles. The molecular weight excluding hydrogens is 228 g/mol. The molecular formula is C14H22N2O2. The van der Waals surface area contributed by atoms with E-state index in [0.717, 1.165) is 24.4 Å². The summed E-state index contributed by atoms with van der Waals surface area (Å²) in [7, 11) is 1.96. The Balaban J connectivity index is 3.23. The van der Waals surface area contributed by atoms with Crippen LogP contribution in [0.3, 0.4) is 0 Å². The smallest absolute Gasteiger partial charge is 0.335 e.